The SMILES string of the molecule is COc1ccc(C(=O)OCC(=O)N2CCN(S(=O)(=O)c3ccccc3)CC2)cc1[N+](=O)[O-]. The minimum absolute atomic E-state index is 0.00838. The fourth-order valence-electron chi connectivity index (χ4n) is 3.18. The molecule has 3 rings (SSSR count). The third kappa shape index (κ3) is 5.03. The van der Waals surface area contributed by atoms with Crippen molar-refractivity contribution in [3.63, 3.8) is 0 Å². The third-order valence-corrected chi connectivity index (χ3v) is 6.82. The minimum atomic E-state index is -3.65. The van der Waals surface area contributed by atoms with Crippen molar-refractivity contribution in [2.45, 2.75) is 4.90 Å². The predicted octanol–water partition coefficient (Wildman–Crippen LogP) is 1.29. The molecule has 11 nitrogen and oxygen atoms in total. The van der Waals surface area contributed by atoms with Gasteiger partial charge in [-0.1, -0.05) is 18.2 Å². The standard InChI is InChI=1S/C20H21N3O8S/c1-30-18-8-7-15(13-17(18)23(26)27)20(25)31-14-19(24)21-9-11-22(12-10-21)32(28,29)16-5-3-2-4-6-16/h2-8,13H,9-12,14H2,1H3. The van der Waals surface area contributed by atoms with Crippen molar-refractivity contribution in [1.29, 1.82) is 0 Å². The van der Waals surface area contributed by atoms with Crippen LogP contribution in [0.5, 0.6) is 5.75 Å². The van der Waals surface area contributed by atoms with E-state index in [1.165, 1.54) is 40.6 Å². The molecular weight excluding hydrogens is 442 g/mol. The molecule has 1 fully saturated rings. The second kappa shape index (κ2) is 9.75. The van der Waals surface area contributed by atoms with E-state index < -0.39 is 39.1 Å². The zero-order valence-electron chi connectivity index (χ0n) is 17.2. The molecule has 0 atom stereocenters. The van der Waals surface area contributed by atoms with Gasteiger partial charge >= 0.3 is 11.7 Å². The number of rotatable bonds is 7. The maximum atomic E-state index is 12.7. The summed E-state index contributed by atoms with van der Waals surface area (Å²) in [5, 5.41) is 11.1. The maximum absolute atomic E-state index is 12.7. The molecule has 1 heterocycles. The molecule has 12 heteroatoms. The Morgan fingerprint density at radius 3 is 2.31 bits per heavy atom. The van der Waals surface area contributed by atoms with Gasteiger partial charge in [-0.2, -0.15) is 4.31 Å². The second-order valence-corrected chi connectivity index (χ2v) is 8.76. The van der Waals surface area contributed by atoms with Crippen LogP contribution >= 0.6 is 0 Å². The topological polar surface area (TPSA) is 136 Å². The van der Waals surface area contributed by atoms with E-state index in [0.29, 0.717) is 0 Å². The van der Waals surface area contributed by atoms with Gasteiger partial charge in [-0.15, -0.1) is 0 Å². The summed E-state index contributed by atoms with van der Waals surface area (Å²) in [5.41, 5.74) is -0.493. The number of ether oxygens (including phenoxy) is 2. The van der Waals surface area contributed by atoms with Gasteiger partial charge in [-0.3, -0.25) is 14.9 Å². The molecule has 32 heavy (non-hydrogen) atoms. The smallest absolute Gasteiger partial charge is 0.338 e. The molecule has 0 saturated carbocycles. The van der Waals surface area contributed by atoms with Crippen molar-refractivity contribution in [2.75, 3.05) is 39.9 Å². The molecule has 0 aliphatic carbocycles. The Balaban J connectivity index is 1.55. The number of piperazine rings is 1. The fraction of sp³-hybridized carbons (Fsp3) is 0.300. The molecule has 0 spiro atoms. The summed E-state index contributed by atoms with van der Waals surface area (Å²) < 4.78 is 36.5. The van der Waals surface area contributed by atoms with Gasteiger partial charge in [0.25, 0.3) is 5.91 Å². The van der Waals surface area contributed by atoms with E-state index in [0.717, 1.165) is 6.07 Å². The Kier molecular flexibility index (Phi) is 7.05. The van der Waals surface area contributed by atoms with Crippen LogP contribution in [0.2, 0.25) is 0 Å². The average Bonchev–Trinajstić information content (AvgIpc) is 2.82. The summed E-state index contributed by atoms with van der Waals surface area (Å²) in [6, 6.07) is 11.6. The first-order chi connectivity index (χ1) is 15.2. The Labute approximate surface area is 184 Å². The van der Waals surface area contributed by atoms with Gasteiger partial charge < -0.3 is 14.4 Å². The molecule has 2 aromatic carbocycles. The van der Waals surface area contributed by atoms with Crippen molar-refractivity contribution < 1.29 is 32.4 Å². The first kappa shape index (κ1) is 23.2. The normalized spacial score (nSPS) is 14.6. The molecule has 170 valence electrons. The fourth-order valence-corrected chi connectivity index (χ4v) is 4.62. The highest BCUT2D eigenvalue weighted by Gasteiger charge is 2.30. The molecule has 0 radical (unpaired) electrons. The molecule has 1 saturated heterocycles. The van der Waals surface area contributed by atoms with E-state index in [4.69, 9.17) is 9.47 Å². The number of methoxy groups -OCH3 is 1. The summed E-state index contributed by atoms with van der Waals surface area (Å²) in [4.78, 5) is 36.6. The number of amides is 1. The molecular formula is C20H21N3O8S. The number of esters is 1. The summed E-state index contributed by atoms with van der Waals surface area (Å²) in [6.45, 7) is -0.0415. The van der Waals surface area contributed by atoms with Crippen LogP contribution in [-0.4, -0.2) is 74.3 Å². The van der Waals surface area contributed by atoms with Crippen molar-refractivity contribution >= 4 is 27.6 Å². The van der Waals surface area contributed by atoms with Crippen LogP contribution in [0, 0.1) is 10.1 Å². The number of nitro groups is 1. The minimum Gasteiger partial charge on any atom is -0.490 e. The highest BCUT2D eigenvalue weighted by Crippen LogP contribution is 2.27. The second-order valence-electron chi connectivity index (χ2n) is 6.82. The summed E-state index contributed by atoms with van der Waals surface area (Å²) in [6.07, 6.45) is 0. The summed E-state index contributed by atoms with van der Waals surface area (Å²) >= 11 is 0. The lowest BCUT2D eigenvalue weighted by Gasteiger charge is -2.33. The highest BCUT2D eigenvalue weighted by molar-refractivity contribution is 7.89. The Morgan fingerprint density at radius 1 is 1.06 bits per heavy atom. The average molecular weight is 463 g/mol. The number of carbonyl (C=O) groups excluding carboxylic acids is 2. The zero-order chi connectivity index (χ0) is 23.3. The van der Waals surface area contributed by atoms with Crippen LogP contribution in [-0.2, 0) is 19.6 Å². The van der Waals surface area contributed by atoms with Crippen LogP contribution in [0.25, 0.3) is 0 Å². The van der Waals surface area contributed by atoms with E-state index in [1.807, 2.05) is 0 Å². The van der Waals surface area contributed by atoms with Crippen LogP contribution in [0.4, 0.5) is 5.69 Å². The van der Waals surface area contributed by atoms with Gasteiger partial charge in [0.05, 0.1) is 22.5 Å². The monoisotopic (exact) mass is 463 g/mol. The third-order valence-electron chi connectivity index (χ3n) is 4.91. The quantitative estimate of drug-likeness (QED) is 0.340. The van der Waals surface area contributed by atoms with Gasteiger partial charge in [0.2, 0.25) is 10.0 Å². The van der Waals surface area contributed by atoms with Crippen molar-refractivity contribution in [3.05, 3.63) is 64.2 Å². The molecule has 1 aliphatic rings. The van der Waals surface area contributed by atoms with E-state index in [-0.39, 0.29) is 42.4 Å². The lowest BCUT2D eigenvalue weighted by Crippen LogP contribution is -2.51. The van der Waals surface area contributed by atoms with E-state index >= 15 is 0 Å². The largest absolute Gasteiger partial charge is 0.490 e. The Bertz CT molecular complexity index is 1110. The van der Waals surface area contributed by atoms with Crippen molar-refractivity contribution in [2.24, 2.45) is 0 Å². The number of sulfonamides is 1. The van der Waals surface area contributed by atoms with Gasteiger partial charge in [-0.05, 0) is 24.3 Å². The lowest BCUT2D eigenvalue weighted by atomic mass is 10.2. The van der Waals surface area contributed by atoms with E-state index in [9.17, 15) is 28.1 Å². The summed E-state index contributed by atoms with van der Waals surface area (Å²) in [7, 11) is -2.38. The Hall–Kier alpha value is -3.51. The number of nitro benzene ring substituents is 1. The predicted molar refractivity (Wildman–Crippen MR) is 112 cm³/mol. The highest BCUT2D eigenvalue weighted by atomic mass is 32.2. The van der Waals surface area contributed by atoms with Crippen molar-refractivity contribution in [3.8, 4) is 5.75 Å². The zero-order valence-corrected chi connectivity index (χ0v) is 18.0. The molecule has 1 aliphatic heterocycles. The van der Waals surface area contributed by atoms with Gasteiger partial charge in [0, 0.05) is 32.2 Å². The molecule has 2 aromatic rings. The van der Waals surface area contributed by atoms with E-state index in [2.05, 4.69) is 0 Å². The molecule has 0 aromatic heterocycles. The van der Waals surface area contributed by atoms with Gasteiger partial charge in [-0.25, -0.2) is 13.2 Å². The molecule has 0 N–H and O–H groups in total. The maximum Gasteiger partial charge on any atom is 0.338 e. The first-order valence-electron chi connectivity index (χ1n) is 9.56. The van der Waals surface area contributed by atoms with Gasteiger partial charge in [0.15, 0.2) is 12.4 Å². The van der Waals surface area contributed by atoms with E-state index in [1.54, 1.807) is 18.2 Å². The number of carbonyl (C=O) groups is 2. The molecule has 0 bridgehead atoms. The van der Waals surface area contributed by atoms with Crippen LogP contribution in [0.1, 0.15) is 10.4 Å². The van der Waals surface area contributed by atoms with Crippen LogP contribution in [0.3, 0.4) is 0 Å². The van der Waals surface area contributed by atoms with Crippen LogP contribution < -0.4 is 4.74 Å². The number of benzene rings is 2. The molecule has 0 unspecified atom stereocenters. The summed E-state index contributed by atoms with van der Waals surface area (Å²) in [5.74, 6) is -1.39. The number of nitrogens with zero attached hydrogens (tertiary/aromatic N) is 3. The van der Waals surface area contributed by atoms with Crippen molar-refractivity contribution in [1.82, 2.24) is 9.21 Å². The lowest BCUT2D eigenvalue weighted by molar-refractivity contribution is -0.385. The molecule has 1 amide bonds. The number of hydrogen-bond donors (Lipinski definition) is 0. The first-order valence-corrected chi connectivity index (χ1v) is 11.0. The Morgan fingerprint density at radius 2 is 1.72 bits per heavy atom. The van der Waals surface area contributed by atoms with Crippen LogP contribution in [0.15, 0.2) is 53.4 Å². The number of hydrogen-bond acceptors (Lipinski definition) is 8. The van der Waals surface area contributed by atoms with Gasteiger partial charge in [0.1, 0.15) is 0 Å².